The fraction of sp³-hybridized carbons (Fsp3) is 0.294. The number of thiophene rings is 1. The van der Waals surface area contributed by atoms with E-state index < -0.39 is 0 Å². The number of rotatable bonds is 3. The third kappa shape index (κ3) is 2.63. The summed E-state index contributed by atoms with van der Waals surface area (Å²) in [6.07, 6.45) is 6.63. The maximum atomic E-state index is 9.56. The van der Waals surface area contributed by atoms with Crippen molar-refractivity contribution in [3.8, 4) is 6.07 Å². The van der Waals surface area contributed by atoms with Gasteiger partial charge >= 0.3 is 0 Å². The molecule has 23 heavy (non-hydrogen) atoms. The predicted octanol–water partition coefficient (Wildman–Crippen LogP) is 5.57. The average Bonchev–Trinajstić information content (AvgIpc) is 3.14. The Morgan fingerprint density at radius 2 is 2.13 bits per heavy atom. The van der Waals surface area contributed by atoms with Crippen molar-refractivity contribution in [2.75, 3.05) is 11.6 Å². The molecule has 0 aliphatic heterocycles. The van der Waals surface area contributed by atoms with E-state index in [2.05, 4.69) is 35.8 Å². The van der Waals surface area contributed by atoms with Gasteiger partial charge in [0.2, 0.25) is 0 Å². The standard InChI is InChI=1S/C17H15N3S3/c1-21-13-7-4-8-14-15(13)19-17(23-14)20-16-11(9-18)10-5-2-3-6-12(10)22-16/h4,7-8H,2-3,5-6H2,1H3,(H,19,20). The van der Waals surface area contributed by atoms with Crippen molar-refractivity contribution < 1.29 is 0 Å². The van der Waals surface area contributed by atoms with E-state index in [0.717, 1.165) is 34.1 Å². The minimum atomic E-state index is 0.828. The van der Waals surface area contributed by atoms with Gasteiger partial charge in [0.25, 0.3) is 0 Å². The van der Waals surface area contributed by atoms with Crippen LogP contribution in [0.2, 0.25) is 0 Å². The molecule has 3 nitrogen and oxygen atoms in total. The molecule has 0 saturated carbocycles. The van der Waals surface area contributed by atoms with Gasteiger partial charge in [-0.3, -0.25) is 0 Å². The molecule has 1 aliphatic carbocycles. The molecule has 6 heteroatoms. The van der Waals surface area contributed by atoms with E-state index in [0.29, 0.717) is 0 Å². The number of benzene rings is 1. The molecule has 1 N–H and O–H groups in total. The van der Waals surface area contributed by atoms with Crippen molar-refractivity contribution in [2.24, 2.45) is 0 Å². The van der Waals surface area contributed by atoms with Crippen LogP contribution in [0.25, 0.3) is 10.2 Å². The quantitative estimate of drug-likeness (QED) is 0.622. The van der Waals surface area contributed by atoms with Crippen LogP contribution in [0.15, 0.2) is 23.1 Å². The Kier molecular flexibility index (Phi) is 4.02. The van der Waals surface area contributed by atoms with Gasteiger partial charge in [-0.1, -0.05) is 17.4 Å². The van der Waals surface area contributed by atoms with Crippen LogP contribution in [-0.2, 0) is 12.8 Å². The molecule has 0 amide bonds. The summed E-state index contributed by atoms with van der Waals surface area (Å²) in [6, 6.07) is 8.67. The van der Waals surface area contributed by atoms with E-state index in [1.165, 1.54) is 32.9 Å². The number of anilines is 2. The second kappa shape index (κ2) is 6.16. The predicted molar refractivity (Wildman–Crippen MR) is 100 cm³/mol. The van der Waals surface area contributed by atoms with Crippen LogP contribution in [-0.4, -0.2) is 11.2 Å². The maximum absolute atomic E-state index is 9.56. The molecular formula is C17H15N3S3. The number of nitriles is 1. The molecule has 0 fully saturated rings. The smallest absolute Gasteiger partial charge is 0.188 e. The minimum Gasteiger partial charge on any atom is -0.322 e. The van der Waals surface area contributed by atoms with Crippen molar-refractivity contribution in [1.82, 2.24) is 4.98 Å². The summed E-state index contributed by atoms with van der Waals surface area (Å²) < 4.78 is 1.18. The Bertz CT molecular complexity index is 917. The van der Waals surface area contributed by atoms with Gasteiger partial charge in [-0.15, -0.1) is 23.1 Å². The minimum absolute atomic E-state index is 0.828. The molecule has 1 aromatic carbocycles. The zero-order valence-electron chi connectivity index (χ0n) is 12.7. The van der Waals surface area contributed by atoms with Crippen LogP contribution < -0.4 is 5.32 Å². The lowest BCUT2D eigenvalue weighted by molar-refractivity contribution is 0.696. The van der Waals surface area contributed by atoms with Crippen molar-refractivity contribution >= 4 is 54.8 Å². The van der Waals surface area contributed by atoms with Gasteiger partial charge < -0.3 is 5.32 Å². The average molecular weight is 358 g/mol. The molecule has 4 rings (SSSR count). The summed E-state index contributed by atoms with van der Waals surface area (Å²) in [5, 5.41) is 14.8. The first-order valence-corrected chi connectivity index (χ1v) is 10.4. The van der Waals surface area contributed by atoms with E-state index in [9.17, 15) is 5.26 Å². The number of nitrogens with one attached hydrogen (secondary N) is 1. The molecule has 2 heterocycles. The Labute approximate surface area is 147 Å². The zero-order valence-corrected chi connectivity index (χ0v) is 15.1. The second-order valence-corrected chi connectivity index (χ2v) is 8.46. The van der Waals surface area contributed by atoms with Gasteiger partial charge in [-0.05, 0) is 49.6 Å². The summed E-state index contributed by atoms with van der Waals surface area (Å²) >= 11 is 5.09. The molecule has 0 radical (unpaired) electrons. The zero-order chi connectivity index (χ0) is 15.8. The lowest BCUT2D eigenvalue weighted by Gasteiger charge is -2.09. The number of para-hydroxylation sites is 1. The van der Waals surface area contributed by atoms with Crippen LogP contribution in [0.5, 0.6) is 0 Å². The first-order chi connectivity index (χ1) is 11.3. The number of aromatic nitrogens is 1. The summed E-state index contributed by atoms with van der Waals surface area (Å²) in [5.74, 6) is 0. The molecule has 3 aromatic rings. The fourth-order valence-corrected chi connectivity index (χ4v) is 5.84. The number of fused-ring (bicyclic) bond motifs is 2. The van der Waals surface area contributed by atoms with E-state index in [1.807, 2.05) is 0 Å². The summed E-state index contributed by atoms with van der Waals surface area (Å²) in [4.78, 5) is 7.31. The Balaban J connectivity index is 1.74. The van der Waals surface area contributed by atoms with Crippen molar-refractivity contribution in [3.63, 3.8) is 0 Å². The van der Waals surface area contributed by atoms with Crippen LogP contribution in [0.4, 0.5) is 10.1 Å². The first kappa shape index (κ1) is 15.0. The number of hydrogen-bond donors (Lipinski definition) is 1. The number of aryl methyl sites for hydroxylation is 1. The van der Waals surface area contributed by atoms with Gasteiger partial charge in [-0.25, -0.2) is 4.98 Å². The molecule has 0 atom stereocenters. The van der Waals surface area contributed by atoms with Crippen LogP contribution in [0, 0.1) is 11.3 Å². The van der Waals surface area contributed by atoms with E-state index >= 15 is 0 Å². The highest BCUT2D eigenvalue weighted by Gasteiger charge is 2.21. The molecule has 2 aromatic heterocycles. The maximum Gasteiger partial charge on any atom is 0.188 e. The highest BCUT2D eigenvalue weighted by molar-refractivity contribution is 7.98. The van der Waals surface area contributed by atoms with E-state index in [1.54, 1.807) is 34.4 Å². The molecule has 0 unspecified atom stereocenters. The molecule has 1 aliphatic rings. The topological polar surface area (TPSA) is 48.7 Å². The molecule has 0 bridgehead atoms. The van der Waals surface area contributed by atoms with Crippen LogP contribution >= 0.6 is 34.4 Å². The van der Waals surface area contributed by atoms with Crippen molar-refractivity contribution in [2.45, 2.75) is 30.6 Å². The third-order valence-electron chi connectivity index (χ3n) is 4.11. The van der Waals surface area contributed by atoms with Gasteiger partial charge in [0.15, 0.2) is 5.13 Å². The molecular weight excluding hydrogens is 342 g/mol. The summed E-state index contributed by atoms with van der Waals surface area (Å²) in [7, 11) is 0. The number of hydrogen-bond acceptors (Lipinski definition) is 6. The highest BCUT2D eigenvalue weighted by Crippen LogP contribution is 2.40. The SMILES string of the molecule is CSc1cccc2sc(Nc3sc4c(c3C#N)CCCC4)nc12. The van der Waals surface area contributed by atoms with Crippen molar-refractivity contribution in [3.05, 3.63) is 34.2 Å². The number of thiazole rings is 1. The van der Waals surface area contributed by atoms with Gasteiger partial charge in [0.05, 0.1) is 15.8 Å². The first-order valence-electron chi connectivity index (χ1n) is 7.55. The van der Waals surface area contributed by atoms with Gasteiger partial charge in [0, 0.05) is 9.77 Å². The number of nitrogens with zero attached hydrogens (tertiary/aromatic N) is 2. The Morgan fingerprint density at radius 3 is 2.96 bits per heavy atom. The molecule has 0 saturated heterocycles. The monoisotopic (exact) mass is 357 g/mol. The molecule has 116 valence electrons. The second-order valence-electron chi connectivity index (χ2n) is 5.48. The number of thioether (sulfide) groups is 1. The summed E-state index contributed by atoms with van der Waals surface area (Å²) in [5.41, 5.74) is 3.14. The summed E-state index contributed by atoms with van der Waals surface area (Å²) in [6.45, 7) is 0. The normalized spacial score (nSPS) is 13.7. The lowest BCUT2D eigenvalue weighted by Crippen LogP contribution is -1.99. The third-order valence-corrected chi connectivity index (χ3v) is 7.02. The van der Waals surface area contributed by atoms with Crippen LogP contribution in [0.1, 0.15) is 28.8 Å². The lowest BCUT2D eigenvalue weighted by atomic mass is 9.96. The van der Waals surface area contributed by atoms with Crippen LogP contribution in [0.3, 0.4) is 0 Å². The van der Waals surface area contributed by atoms with Gasteiger partial charge in [0.1, 0.15) is 11.1 Å². The fourth-order valence-electron chi connectivity index (χ4n) is 3.01. The Hall–Kier alpha value is -1.55. The Morgan fingerprint density at radius 1 is 1.26 bits per heavy atom. The van der Waals surface area contributed by atoms with Crippen molar-refractivity contribution in [1.29, 1.82) is 5.26 Å². The van der Waals surface area contributed by atoms with Gasteiger partial charge in [-0.2, -0.15) is 5.26 Å². The van der Waals surface area contributed by atoms with E-state index in [-0.39, 0.29) is 0 Å². The largest absolute Gasteiger partial charge is 0.322 e. The highest BCUT2D eigenvalue weighted by atomic mass is 32.2. The van der Waals surface area contributed by atoms with E-state index in [4.69, 9.17) is 4.98 Å². The molecule has 0 spiro atoms.